The van der Waals surface area contributed by atoms with Crippen LogP contribution in [-0.2, 0) is 6.42 Å². The van der Waals surface area contributed by atoms with E-state index in [0.717, 1.165) is 12.2 Å². The molecule has 0 bridgehead atoms. The van der Waals surface area contributed by atoms with Gasteiger partial charge in [0.2, 0.25) is 5.89 Å². The van der Waals surface area contributed by atoms with Crippen molar-refractivity contribution in [3.63, 3.8) is 0 Å². The molecule has 1 aliphatic rings. The molecule has 20 heavy (non-hydrogen) atoms. The fraction of sp³-hybridized carbons (Fsp3) is 0.467. The highest BCUT2D eigenvalue weighted by atomic mass is 16.5. The number of fused-ring (bicyclic) bond motifs is 1. The highest BCUT2D eigenvalue weighted by molar-refractivity contribution is 5.36. The first kappa shape index (κ1) is 13.1. The van der Waals surface area contributed by atoms with Gasteiger partial charge >= 0.3 is 0 Å². The fourth-order valence-electron chi connectivity index (χ4n) is 2.33. The lowest BCUT2D eigenvalue weighted by Gasteiger charge is -2.22. The monoisotopic (exact) mass is 273 g/mol. The molecule has 0 fully saturated rings. The molecule has 2 aromatic rings. The summed E-state index contributed by atoms with van der Waals surface area (Å²) in [7, 11) is 0. The van der Waals surface area contributed by atoms with Crippen molar-refractivity contribution < 1.29 is 9.26 Å². The van der Waals surface area contributed by atoms with E-state index in [-0.39, 0.29) is 17.9 Å². The maximum absolute atomic E-state index is 6.04. The van der Waals surface area contributed by atoms with Gasteiger partial charge in [0, 0.05) is 0 Å². The number of ether oxygens (including phenoxy) is 1. The molecule has 1 aromatic heterocycles. The molecule has 0 radical (unpaired) electrons. The van der Waals surface area contributed by atoms with Crippen LogP contribution in [0.15, 0.2) is 28.8 Å². The molecule has 0 spiro atoms. The van der Waals surface area contributed by atoms with E-state index in [2.05, 4.69) is 16.2 Å². The molecule has 2 N–H and O–H groups in total. The highest BCUT2D eigenvalue weighted by Crippen LogP contribution is 2.31. The average Bonchev–Trinajstić information content (AvgIpc) is 2.95. The molecule has 2 unspecified atom stereocenters. The molecule has 0 saturated heterocycles. The number of rotatable bonds is 3. The van der Waals surface area contributed by atoms with Crippen molar-refractivity contribution >= 4 is 0 Å². The van der Waals surface area contributed by atoms with Crippen molar-refractivity contribution in [2.24, 2.45) is 11.7 Å². The second kappa shape index (κ2) is 5.25. The number of hydrogen-bond acceptors (Lipinski definition) is 5. The predicted octanol–water partition coefficient (Wildman–Crippen LogP) is 2.44. The normalized spacial score (nSPS) is 19.5. The molecule has 106 valence electrons. The average molecular weight is 273 g/mol. The zero-order valence-corrected chi connectivity index (χ0v) is 11.7. The van der Waals surface area contributed by atoms with Gasteiger partial charge in [0.15, 0.2) is 5.82 Å². The Morgan fingerprint density at radius 3 is 2.90 bits per heavy atom. The van der Waals surface area contributed by atoms with Gasteiger partial charge in [-0.05, 0) is 24.0 Å². The summed E-state index contributed by atoms with van der Waals surface area (Å²) < 4.78 is 11.1. The van der Waals surface area contributed by atoms with E-state index >= 15 is 0 Å². The van der Waals surface area contributed by atoms with Gasteiger partial charge in [0.25, 0.3) is 0 Å². The minimum atomic E-state index is -0.190. The van der Waals surface area contributed by atoms with E-state index < -0.39 is 0 Å². The first-order chi connectivity index (χ1) is 9.65. The summed E-state index contributed by atoms with van der Waals surface area (Å²) in [5.74, 6) is 2.52. The van der Waals surface area contributed by atoms with E-state index in [0.29, 0.717) is 18.3 Å². The van der Waals surface area contributed by atoms with Crippen LogP contribution in [0.25, 0.3) is 0 Å². The summed E-state index contributed by atoms with van der Waals surface area (Å²) in [6, 6.07) is 7.85. The smallest absolute Gasteiger partial charge is 0.233 e. The number of hydrogen-bond donors (Lipinski definition) is 1. The van der Waals surface area contributed by atoms with Crippen LogP contribution in [0.3, 0.4) is 0 Å². The molecule has 1 aliphatic heterocycles. The summed E-state index contributed by atoms with van der Waals surface area (Å²) in [6.07, 6.45) is 0.856. The van der Waals surface area contributed by atoms with Gasteiger partial charge in [-0.3, -0.25) is 0 Å². The second-order valence-electron chi connectivity index (χ2n) is 5.58. The molecule has 5 nitrogen and oxygen atoms in total. The van der Waals surface area contributed by atoms with Crippen molar-refractivity contribution in [1.82, 2.24) is 10.1 Å². The highest BCUT2D eigenvalue weighted by Gasteiger charge is 2.27. The molecule has 0 saturated carbocycles. The molecule has 1 aromatic carbocycles. The number of para-hydroxylation sites is 1. The zero-order chi connectivity index (χ0) is 14.1. The van der Waals surface area contributed by atoms with Gasteiger partial charge in [0.1, 0.15) is 12.4 Å². The van der Waals surface area contributed by atoms with Crippen LogP contribution in [0.2, 0.25) is 0 Å². The summed E-state index contributed by atoms with van der Waals surface area (Å²) in [4.78, 5) is 4.45. The van der Waals surface area contributed by atoms with Crippen molar-refractivity contribution in [1.29, 1.82) is 0 Å². The Morgan fingerprint density at radius 2 is 2.10 bits per heavy atom. The van der Waals surface area contributed by atoms with Gasteiger partial charge < -0.3 is 15.0 Å². The Labute approximate surface area is 118 Å². The van der Waals surface area contributed by atoms with Gasteiger partial charge in [0.05, 0.1) is 12.0 Å². The Bertz CT molecular complexity index is 594. The van der Waals surface area contributed by atoms with Gasteiger partial charge in [-0.15, -0.1) is 0 Å². The summed E-state index contributed by atoms with van der Waals surface area (Å²) in [5, 5.41) is 4.00. The first-order valence-electron chi connectivity index (χ1n) is 6.95. The van der Waals surface area contributed by atoms with Gasteiger partial charge in [-0.1, -0.05) is 37.2 Å². The Hall–Kier alpha value is -1.88. The number of nitrogens with zero attached hydrogens (tertiary/aromatic N) is 2. The minimum Gasteiger partial charge on any atom is -0.492 e. The Kier molecular flexibility index (Phi) is 3.44. The van der Waals surface area contributed by atoms with Crippen molar-refractivity contribution in [3.8, 4) is 5.75 Å². The number of aromatic nitrogens is 2. The van der Waals surface area contributed by atoms with Crippen LogP contribution in [0.4, 0.5) is 0 Å². The molecule has 3 rings (SSSR count). The third-order valence-electron chi connectivity index (χ3n) is 3.70. The standard InChI is InChI=1S/C15H19N3O2/c1-9(2)13(16)14-17-15(20-18-14)11-7-10-5-3-4-6-12(10)19-8-11/h3-6,9,11,13H,7-8,16H2,1-2H3. The van der Waals surface area contributed by atoms with E-state index in [1.807, 2.05) is 32.0 Å². The van der Waals surface area contributed by atoms with Crippen molar-refractivity contribution in [2.45, 2.75) is 32.2 Å². The maximum atomic E-state index is 6.04. The van der Waals surface area contributed by atoms with Crippen LogP contribution >= 0.6 is 0 Å². The predicted molar refractivity (Wildman–Crippen MR) is 74.4 cm³/mol. The zero-order valence-electron chi connectivity index (χ0n) is 11.7. The SMILES string of the molecule is CC(C)C(N)c1noc(C2COc3ccccc3C2)n1. The molecule has 0 amide bonds. The van der Waals surface area contributed by atoms with Crippen LogP contribution in [0, 0.1) is 5.92 Å². The molecular formula is C15H19N3O2. The molecule has 0 aliphatic carbocycles. The van der Waals surface area contributed by atoms with Crippen LogP contribution in [0.1, 0.15) is 43.1 Å². The topological polar surface area (TPSA) is 74.2 Å². The first-order valence-corrected chi connectivity index (χ1v) is 6.95. The third-order valence-corrected chi connectivity index (χ3v) is 3.70. The number of nitrogens with two attached hydrogens (primary N) is 1. The van der Waals surface area contributed by atoms with Crippen molar-refractivity contribution in [3.05, 3.63) is 41.5 Å². The summed E-state index contributed by atoms with van der Waals surface area (Å²) >= 11 is 0. The quantitative estimate of drug-likeness (QED) is 0.929. The van der Waals surface area contributed by atoms with Crippen molar-refractivity contribution in [2.75, 3.05) is 6.61 Å². The summed E-state index contributed by atoms with van der Waals surface area (Å²) in [6.45, 7) is 4.65. The van der Waals surface area contributed by atoms with E-state index in [4.69, 9.17) is 15.0 Å². The molecule has 5 heteroatoms. The van der Waals surface area contributed by atoms with E-state index in [1.54, 1.807) is 0 Å². The fourth-order valence-corrected chi connectivity index (χ4v) is 2.33. The van der Waals surface area contributed by atoms with Crippen LogP contribution < -0.4 is 10.5 Å². The van der Waals surface area contributed by atoms with Crippen LogP contribution in [-0.4, -0.2) is 16.7 Å². The van der Waals surface area contributed by atoms with E-state index in [9.17, 15) is 0 Å². The Morgan fingerprint density at radius 1 is 1.30 bits per heavy atom. The third kappa shape index (κ3) is 2.41. The molecule has 2 atom stereocenters. The second-order valence-corrected chi connectivity index (χ2v) is 5.58. The lowest BCUT2D eigenvalue weighted by molar-refractivity contribution is 0.230. The van der Waals surface area contributed by atoms with Gasteiger partial charge in [-0.2, -0.15) is 4.98 Å². The lowest BCUT2D eigenvalue weighted by Crippen LogP contribution is -2.20. The van der Waals surface area contributed by atoms with Gasteiger partial charge in [-0.25, -0.2) is 0 Å². The largest absolute Gasteiger partial charge is 0.492 e. The number of benzene rings is 1. The van der Waals surface area contributed by atoms with E-state index in [1.165, 1.54) is 5.56 Å². The minimum absolute atomic E-state index is 0.102. The maximum Gasteiger partial charge on any atom is 0.233 e. The molecule has 2 heterocycles. The molecular weight excluding hydrogens is 254 g/mol. The Balaban J connectivity index is 1.78. The van der Waals surface area contributed by atoms with Crippen LogP contribution in [0.5, 0.6) is 5.75 Å². The lowest BCUT2D eigenvalue weighted by atomic mass is 9.96. The summed E-state index contributed by atoms with van der Waals surface area (Å²) in [5.41, 5.74) is 7.22.